The Balaban J connectivity index is 2.25. The van der Waals surface area contributed by atoms with Gasteiger partial charge in [-0.1, -0.05) is 15.9 Å². The summed E-state index contributed by atoms with van der Waals surface area (Å²) in [5.41, 5.74) is 2.42. The molecule has 0 saturated heterocycles. The number of hydrogen-bond donors (Lipinski definition) is 2. The molecular formula is C13H14BrFN4O2. The van der Waals surface area contributed by atoms with E-state index in [1.165, 1.54) is 18.2 Å². The fourth-order valence-electron chi connectivity index (χ4n) is 1.57. The van der Waals surface area contributed by atoms with Crippen LogP contribution in [0.3, 0.4) is 0 Å². The van der Waals surface area contributed by atoms with Gasteiger partial charge in [-0.15, -0.1) is 0 Å². The van der Waals surface area contributed by atoms with E-state index in [0.717, 1.165) is 0 Å². The van der Waals surface area contributed by atoms with Gasteiger partial charge in [-0.2, -0.15) is 4.98 Å². The second-order valence-electron chi connectivity index (χ2n) is 4.00. The zero-order valence-corrected chi connectivity index (χ0v) is 12.9. The van der Waals surface area contributed by atoms with Crippen LogP contribution in [0.4, 0.5) is 10.2 Å². The summed E-state index contributed by atoms with van der Waals surface area (Å²) in [4.78, 5) is 8.31. The summed E-state index contributed by atoms with van der Waals surface area (Å²) in [5.74, 6) is 6.28. The quantitative estimate of drug-likeness (QED) is 0.611. The second-order valence-corrected chi connectivity index (χ2v) is 4.91. The van der Waals surface area contributed by atoms with Gasteiger partial charge in [-0.05, 0) is 19.1 Å². The Morgan fingerprint density at radius 3 is 2.76 bits per heavy atom. The number of hydrazine groups is 1. The molecule has 0 aliphatic rings. The van der Waals surface area contributed by atoms with Crippen molar-refractivity contribution in [2.75, 3.05) is 12.0 Å². The predicted octanol–water partition coefficient (Wildman–Crippen LogP) is 2.99. The van der Waals surface area contributed by atoms with E-state index in [0.29, 0.717) is 28.5 Å². The Hall–Kier alpha value is -1.77. The van der Waals surface area contributed by atoms with E-state index in [9.17, 15) is 4.39 Å². The van der Waals surface area contributed by atoms with Gasteiger partial charge in [0, 0.05) is 23.2 Å². The highest BCUT2D eigenvalue weighted by atomic mass is 79.9. The number of ether oxygens (including phenoxy) is 2. The van der Waals surface area contributed by atoms with Gasteiger partial charge < -0.3 is 14.9 Å². The summed E-state index contributed by atoms with van der Waals surface area (Å²) >= 11 is 3.20. The number of nitrogen functional groups attached to an aromatic ring is 1. The van der Waals surface area contributed by atoms with Crippen molar-refractivity contribution in [3.8, 4) is 11.6 Å². The minimum absolute atomic E-state index is 0.231. The molecule has 0 amide bonds. The van der Waals surface area contributed by atoms with Gasteiger partial charge in [0.15, 0.2) is 5.82 Å². The van der Waals surface area contributed by atoms with E-state index < -0.39 is 5.82 Å². The smallest absolute Gasteiger partial charge is 0.224 e. The van der Waals surface area contributed by atoms with Crippen LogP contribution < -0.4 is 16.0 Å². The van der Waals surface area contributed by atoms with Crippen molar-refractivity contribution in [3.05, 3.63) is 40.4 Å². The molecule has 1 aromatic heterocycles. The average molecular weight is 357 g/mol. The molecule has 0 spiro atoms. The Bertz CT molecular complexity index is 607. The Morgan fingerprint density at radius 2 is 2.10 bits per heavy atom. The SMILES string of the molecule is CCOCc1nc(NN)cc(Oc2cc(F)cc(Br)c2)n1. The van der Waals surface area contributed by atoms with Crippen LogP contribution in [0.1, 0.15) is 12.7 Å². The second kappa shape index (κ2) is 7.30. The molecule has 21 heavy (non-hydrogen) atoms. The molecule has 0 unspecified atom stereocenters. The van der Waals surface area contributed by atoms with Crippen molar-refractivity contribution in [2.45, 2.75) is 13.5 Å². The standard InChI is InChI=1S/C13H14BrFN4O2/c1-2-20-7-12-17-11(19-16)6-13(18-12)21-10-4-8(14)3-9(15)5-10/h3-6H,2,7,16H2,1H3,(H,17,18,19). The van der Waals surface area contributed by atoms with Gasteiger partial charge >= 0.3 is 0 Å². The van der Waals surface area contributed by atoms with Crippen molar-refractivity contribution in [3.63, 3.8) is 0 Å². The number of halogens is 2. The number of nitrogens with one attached hydrogen (secondary N) is 1. The molecule has 1 aromatic carbocycles. The number of anilines is 1. The molecule has 8 heteroatoms. The van der Waals surface area contributed by atoms with Crippen LogP contribution in [0.25, 0.3) is 0 Å². The van der Waals surface area contributed by atoms with Crippen LogP contribution in [0.15, 0.2) is 28.7 Å². The fourth-order valence-corrected chi connectivity index (χ4v) is 2.01. The molecule has 0 bridgehead atoms. The molecule has 0 atom stereocenters. The van der Waals surface area contributed by atoms with Crippen LogP contribution in [0, 0.1) is 5.82 Å². The Labute approximate surface area is 129 Å². The summed E-state index contributed by atoms with van der Waals surface area (Å²) < 4.78 is 24.7. The van der Waals surface area contributed by atoms with Gasteiger partial charge in [0.25, 0.3) is 0 Å². The summed E-state index contributed by atoms with van der Waals surface area (Å²) in [6, 6.07) is 5.72. The summed E-state index contributed by atoms with van der Waals surface area (Å²) in [7, 11) is 0. The summed E-state index contributed by atoms with van der Waals surface area (Å²) in [6.07, 6.45) is 0. The van der Waals surface area contributed by atoms with Crippen LogP contribution in [-0.4, -0.2) is 16.6 Å². The van der Waals surface area contributed by atoms with Crippen LogP contribution >= 0.6 is 15.9 Å². The normalized spacial score (nSPS) is 10.5. The van der Waals surface area contributed by atoms with E-state index in [-0.39, 0.29) is 12.5 Å². The molecular weight excluding hydrogens is 343 g/mol. The van der Waals surface area contributed by atoms with Crippen LogP contribution in [-0.2, 0) is 11.3 Å². The van der Waals surface area contributed by atoms with E-state index in [1.807, 2.05) is 6.92 Å². The Morgan fingerprint density at radius 1 is 1.29 bits per heavy atom. The first kappa shape index (κ1) is 15.6. The van der Waals surface area contributed by atoms with E-state index in [1.54, 1.807) is 6.07 Å². The van der Waals surface area contributed by atoms with Crippen molar-refractivity contribution in [1.82, 2.24) is 9.97 Å². The average Bonchev–Trinajstić information content (AvgIpc) is 2.43. The molecule has 1 heterocycles. The summed E-state index contributed by atoms with van der Waals surface area (Å²) in [5, 5.41) is 0. The molecule has 0 radical (unpaired) electrons. The molecule has 2 rings (SSSR count). The van der Waals surface area contributed by atoms with E-state index in [4.69, 9.17) is 15.3 Å². The minimum atomic E-state index is -0.417. The lowest BCUT2D eigenvalue weighted by Gasteiger charge is -2.09. The Kier molecular flexibility index (Phi) is 5.43. The number of rotatable bonds is 6. The van der Waals surface area contributed by atoms with Gasteiger partial charge in [-0.25, -0.2) is 15.2 Å². The fraction of sp³-hybridized carbons (Fsp3) is 0.231. The van der Waals surface area contributed by atoms with Gasteiger partial charge in [-0.3, -0.25) is 0 Å². The van der Waals surface area contributed by atoms with Gasteiger partial charge in [0.05, 0.1) is 0 Å². The van der Waals surface area contributed by atoms with Gasteiger partial charge in [0.2, 0.25) is 5.88 Å². The van der Waals surface area contributed by atoms with E-state index in [2.05, 4.69) is 31.3 Å². The molecule has 3 N–H and O–H groups in total. The lowest BCUT2D eigenvalue weighted by Crippen LogP contribution is -2.11. The number of hydrogen-bond acceptors (Lipinski definition) is 6. The number of nitrogens with two attached hydrogens (primary N) is 1. The highest BCUT2D eigenvalue weighted by Crippen LogP contribution is 2.26. The molecule has 0 aliphatic heterocycles. The number of nitrogens with zero attached hydrogens (tertiary/aromatic N) is 2. The highest BCUT2D eigenvalue weighted by molar-refractivity contribution is 9.10. The first-order valence-electron chi connectivity index (χ1n) is 6.17. The van der Waals surface area contributed by atoms with Crippen molar-refractivity contribution < 1.29 is 13.9 Å². The first-order chi connectivity index (χ1) is 10.1. The zero-order chi connectivity index (χ0) is 15.2. The highest BCUT2D eigenvalue weighted by Gasteiger charge is 2.08. The number of benzene rings is 1. The molecule has 112 valence electrons. The molecule has 0 fully saturated rings. The third kappa shape index (κ3) is 4.62. The summed E-state index contributed by atoms with van der Waals surface area (Å²) in [6.45, 7) is 2.64. The van der Waals surface area contributed by atoms with Crippen LogP contribution in [0.2, 0.25) is 0 Å². The minimum Gasteiger partial charge on any atom is -0.439 e. The molecule has 2 aromatic rings. The van der Waals surface area contributed by atoms with Crippen molar-refractivity contribution in [1.29, 1.82) is 0 Å². The first-order valence-corrected chi connectivity index (χ1v) is 6.96. The third-order valence-electron chi connectivity index (χ3n) is 2.39. The van der Waals surface area contributed by atoms with Crippen LogP contribution in [0.5, 0.6) is 11.6 Å². The molecule has 0 saturated carbocycles. The number of aromatic nitrogens is 2. The van der Waals surface area contributed by atoms with E-state index >= 15 is 0 Å². The molecule has 6 nitrogen and oxygen atoms in total. The largest absolute Gasteiger partial charge is 0.439 e. The predicted molar refractivity (Wildman–Crippen MR) is 79.3 cm³/mol. The maximum absolute atomic E-state index is 13.3. The maximum atomic E-state index is 13.3. The maximum Gasteiger partial charge on any atom is 0.224 e. The van der Waals surface area contributed by atoms with Crippen molar-refractivity contribution >= 4 is 21.7 Å². The monoisotopic (exact) mass is 356 g/mol. The molecule has 0 aliphatic carbocycles. The lowest BCUT2D eigenvalue weighted by atomic mass is 10.3. The van der Waals surface area contributed by atoms with Gasteiger partial charge in [0.1, 0.15) is 24.0 Å². The zero-order valence-electron chi connectivity index (χ0n) is 11.3. The topological polar surface area (TPSA) is 82.3 Å². The lowest BCUT2D eigenvalue weighted by molar-refractivity contribution is 0.128. The van der Waals surface area contributed by atoms with Crippen molar-refractivity contribution in [2.24, 2.45) is 5.84 Å². The third-order valence-corrected chi connectivity index (χ3v) is 2.85.